The van der Waals surface area contributed by atoms with Crippen molar-refractivity contribution in [2.24, 2.45) is 0 Å². The first-order valence-electron chi connectivity index (χ1n) is 8.40. The van der Waals surface area contributed by atoms with Crippen LogP contribution >= 0.6 is 0 Å². The van der Waals surface area contributed by atoms with Gasteiger partial charge in [-0.15, -0.1) is 0 Å². The van der Waals surface area contributed by atoms with Gasteiger partial charge in [0.25, 0.3) is 5.69 Å². The minimum atomic E-state index is -0.496. The molecule has 27 heavy (non-hydrogen) atoms. The second-order valence-electron chi connectivity index (χ2n) is 5.94. The smallest absolute Gasteiger partial charge is 0.292 e. The minimum absolute atomic E-state index is 0.122. The van der Waals surface area contributed by atoms with Crippen molar-refractivity contribution in [2.75, 3.05) is 37.9 Å². The Morgan fingerprint density at radius 2 is 2.15 bits per heavy atom. The number of rotatable bonds is 9. The normalized spacial score (nSPS) is 12.2. The number of aromatic nitrogens is 2. The van der Waals surface area contributed by atoms with E-state index in [-0.39, 0.29) is 11.4 Å². The predicted octanol–water partition coefficient (Wildman–Crippen LogP) is 2.87. The van der Waals surface area contributed by atoms with E-state index in [1.807, 2.05) is 18.2 Å². The van der Waals surface area contributed by atoms with Crippen LogP contribution in [0.5, 0.6) is 0 Å². The Morgan fingerprint density at radius 1 is 1.30 bits per heavy atom. The van der Waals surface area contributed by atoms with Gasteiger partial charge in [-0.1, -0.05) is 6.07 Å². The van der Waals surface area contributed by atoms with E-state index in [0.717, 1.165) is 16.7 Å². The molecule has 0 aliphatic carbocycles. The van der Waals surface area contributed by atoms with E-state index < -0.39 is 11.0 Å². The number of aromatic amines is 1. The molecule has 142 valence electrons. The molecular formula is C18H21N5O4. The number of hydrogen-bond donors (Lipinski definition) is 3. The summed E-state index contributed by atoms with van der Waals surface area (Å²) >= 11 is 0. The number of fused-ring (bicyclic) bond motifs is 1. The molecular weight excluding hydrogens is 350 g/mol. The summed E-state index contributed by atoms with van der Waals surface area (Å²) in [7, 11) is 1.59. The van der Waals surface area contributed by atoms with E-state index in [0.29, 0.717) is 25.3 Å². The number of anilines is 2. The second-order valence-corrected chi connectivity index (χ2v) is 5.94. The van der Waals surface area contributed by atoms with Crippen LogP contribution in [-0.4, -0.2) is 41.8 Å². The Hall–Kier alpha value is -3.17. The van der Waals surface area contributed by atoms with Crippen molar-refractivity contribution in [3.63, 3.8) is 0 Å². The SMILES string of the molecule is COCCOC(CNc1ccc2[nH]cnc2c1)c1ccc(N)c([N+](=O)[O-])c1. The summed E-state index contributed by atoms with van der Waals surface area (Å²) in [5.41, 5.74) is 9.02. The molecule has 9 heteroatoms. The van der Waals surface area contributed by atoms with Crippen LogP contribution in [0.15, 0.2) is 42.7 Å². The van der Waals surface area contributed by atoms with Crippen LogP contribution in [0.2, 0.25) is 0 Å². The fraction of sp³-hybridized carbons (Fsp3) is 0.278. The van der Waals surface area contributed by atoms with Crippen molar-refractivity contribution in [2.45, 2.75) is 6.10 Å². The molecule has 0 amide bonds. The van der Waals surface area contributed by atoms with Crippen molar-refractivity contribution >= 4 is 28.1 Å². The number of methoxy groups -OCH3 is 1. The number of nitro benzene ring substituents is 1. The Balaban J connectivity index is 1.78. The van der Waals surface area contributed by atoms with Crippen molar-refractivity contribution in [3.05, 3.63) is 58.4 Å². The van der Waals surface area contributed by atoms with E-state index >= 15 is 0 Å². The van der Waals surface area contributed by atoms with E-state index in [9.17, 15) is 10.1 Å². The first kappa shape index (κ1) is 18.6. The molecule has 9 nitrogen and oxygen atoms in total. The maximum atomic E-state index is 11.2. The van der Waals surface area contributed by atoms with Gasteiger partial charge in [-0.05, 0) is 29.8 Å². The Bertz CT molecular complexity index is 927. The van der Waals surface area contributed by atoms with Gasteiger partial charge in [-0.2, -0.15) is 0 Å². The largest absolute Gasteiger partial charge is 0.393 e. The molecule has 0 bridgehead atoms. The third kappa shape index (κ3) is 4.52. The molecule has 0 aliphatic rings. The fourth-order valence-electron chi connectivity index (χ4n) is 2.72. The molecule has 0 saturated carbocycles. The molecule has 1 atom stereocenters. The lowest BCUT2D eigenvalue weighted by molar-refractivity contribution is -0.384. The maximum absolute atomic E-state index is 11.2. The summed E-state index contributed by atoms with van der Waals surface area (Å²) in [4.78, 5) is 18.0. The molecule has 0 radical (unpaired) electrons. The van der Waals surface area contributed by atoms with Crippen molar-refractivity contribution in [1.29, 1.82) is 0 Å². The lowest BCUT2D eigenvalue weighted by atomic mass is 10.1. The highest BCUT2D eigenvalue weighted by Gasteiger charge is 2.18. The van der Waals surface area contributed by atoms with E-state index in [4.69, 9.17) is 15.2 Å². The van der Waals surface area contributed by atoms with Crippen molar-refractivity contribution < 1.29 is 14.4 Å². The van der Waals surface area contributed by atoms with Crippen LogP contribution in [-0.2, 0) is 9.47 Å². The molecule has 3 rings (SSSR count). The number of nitrogens with one attached hydrogen (secondary N) is 2. The van der Waals surface area contributed by atoms with Crippen LogP contribution in [0.1, 0.15) is 11.7 Å². The van der Waals surface area contributed by atoms with Gasteiger partial charge in [0.15, 0.2) is 0 Å². The zero-order valence-corrected chi connectivity index (χ0v) is 14.8. The monoisotopic (exact) mass is 371 g/mol. The topological polar surface area (TPSA) is 128 Å². The molecule has 0 aliphatic heterocycles. The number of hydrogen-bond acceptors (Lipinski definition) is 7. The van der Waals surface area contributed by atoms with Gasteiger partial charge < -0.3 is 25.5 Å². The van der Waals surface area contributed by atoms with Gasteiger partial charge in [0.1, 0.15) is 11.8 Å². The summed E-state index contributed by atoms with van der Waals surface area (Å²) in [6, 6.07) is 10.5. The van der Waals surface area contributed by atoms with Crippen LogP contribution in [0.25, 0.3) is 11.0 Å². The molecule has 0 saturated heterocycles. The lowest BCUT2D eigenvalue weighted by Crippen LogP contribution is -2.18. The highest BCUT2D eigenvalue weighted by atomic mass is 16.6. The van der Waals surface area contributed by atoms with Crippen LogP contribution in [0.3, 0.4) is 0 Å². The Labute approximate surface area is 155 Å². The number of ether oxygens (including phenoxy) is 2. The molecule has 1 aromatic heterocycles. The van der Waals surface area contributed by atoms with Gasteiger partial charge in [-0.3, -0.25) is 10.1 Å². The van der Waals surface area contributed by atoms with E-state index in [2.05, 4.69) is 15.3 Å². The van der Waals surface area contributed by atoms with Crippen molar-refractivity contribution in [1.82, 2.24) is 9.97 Å². The average Bonchev–Trinajstić information content (AvgIpc) is 3.12. The number of nitrogens with zero attached hydrogens (tertiary/aromatic N) is 2. The molecule has 0 fully saturated rings. The number of nitrogen functional groups attached to an aromatic ring is 1. The third-order valence-electron chi connectivity index (χ3n) is 4.14. The van der Waals surface area contributed by atoms with Crippen LogP contribution in [0, 0.1) is 10.1 Å². The standard InChI is InChI=1S/C18H21N5O4/c1-26-6-7-27-18(12-2-4-14(19)17(8-12)23(24)25)10-20-13-3-5-15-16(9-13)22-11-21-15/h2-5,8-9,11,18,20H,6-7,10,19H2,1H3,(H,21,22). The average molecular weight is 371 g/mol. The van der Waals surface area contributed by atoms with E-state index in [1.54, 1.807) is 19.5 Å². The zero-order valence-electron chi connectivity index (χ0n) is 14.8. The van der Waals surface area contributed by atoms with Gasteiger partial charge >= 0.3 is 0 Å². The van der Waals surface area contributed by atoms with Crippen LogP contribution < -0.4 is 11.1 Å². The summed E-state index contributed by atoms with van der Waals surface area (Å²) < 4.78 is 10.9. The van der Waals surface area contributed by atoms with Crippen LogP contribution in [0.4, 0.5) is 17.1 Å². The highest BCUT2D eigenvalue weighted by Crippen LogP contribution is 2.28. The van der Waals surface area contributed by atoms with Gasteiger partial charge in [-0.25, -0.2) is 4.98 Å². The number of nitro groups is 1. The van der Waals surface area contributed by atoms with Gasteiger partial charge in [0, 0.05) is 25.4 Å². The Kier molecular flexibility index (Phi) is 5.84. The molecule has 2 aromatic carbocycles. The summed E-state index contributed by atoms with van der Waals surface area (Å²) in [5.74, 6) is 0. The number of H-pyrrole nitrogens is 1. The predicted molar refractivity (Wildman–Crippen MR) is 103 cm³/mol. The third-order valence-corrected chi connectivity index (χ3v) is 4.14. The zero-order chi connectivity index (χ0) is 19.2. The molecule has 4 N–H and O–H groups in total. The quantitative estimate of drug-likeness (QED) is 0.228. The van der Waals surface area contributed by atoms with Crippen molar-refractivity contribution in [3.8, 4) is 0 Å². The summed E-state index contributed by atoms with van der Waals surface area (Å²) in [5, 5.41) is 14.5. The number of benzene rings is 2. The Morgan fingerprint density at radius 3 is 2.93 bits per heavy atom. The fourth-order valence-corrected chi connectivity index (χ4v) is 2.72. The number of nitrogens with two attached hydrogens (primary N) is 1. The van der Waals surface area contributed by atoms with Gasteiger partial charge in [0.05, 0.1) is 35.5 Å². The van der Waals surface area contributed by atoms with E-state index in [1.165, 1.54) is 12.1 Å². The molecule has 3 aromatic rings. The molecule has 1 unspecified atom stereocenters. The summed E-state index contributed by atoms with van der Waals surface area (Å²) in [6.07, 6.45) is 1.23. The second kappa shape index (κ2) is 8.47. The number of imidazole rings is 1. The van der Waals surface area contributed by atoms with Gasteiger partial charge in [0.2, 0.25) is 0 Å². The first-order valence-corrected chi connectivity index (χ1v) is 8.40. The highest BCUT2D eigenvalue weighted by molar-refractivity contribution is 5.78. The maximum Gasteiger partial charge on any atom is 0.292 e. The molecule has 0 spiro atoms. The minimum Gasteiger partial charge on any atom is -0.393 e. The first-order chi connectivity index (χ1) is 13.1. The summed E-state index contributed by atoms with van der Waals surface area (Å²) in [6.45, 7) is 1.20. The molecule has 1 heterocycles. The lowest BCUT2D eigenvalue weighted by Gasteiger charge is -2.20.